The minimum absolute atomic E-state index is 0.609. The average molecular weight is 717 g/mol. The second-order valence-corrected chi connectivity index (χ2v) is 14.0. The van der Waals surface area contributed by atoms with Crippen molar-refractivity contribution in [2.45, 2.75) is 0 Å². The van der Waals surface area contributed by atoms with Crippen molar-refractivity contribution in [3.8, 4) is 56.0 Å². The standard InChI is InChI=1S/C53H36N2O/c1-4-11-37(12-5-1)40-19-21-42(22-20-40)43-27-31-47(32-28-43)55(48-18-10-17-46(35-48)39-15-8-3-9-16-39)49-33-29-44-30-34-51-52(50(44)36-49)56-53(54-51)45-25-23-41(24-26-45)38-13-6-2-7-14-38/h1-36H. The highest BCUT2D eigenvalue weighted by molar-refractivity contribution is 6.05. The van der Waals surface area contributed by atoms with E-state index in [2.05, 4.69) is 217 Å². The van der Waals surface area contributed by atoms with Crippen molar-refractivity contribution in [2.75, 3.05) is 4.90 Å². The third-order valence-corrected chi connectivity index (χ3v) is 10.5. The van der Waals surface area contributed by atoms with Crippen molar-refractivity contribution in [1.82, 2.24) is 4.98 Å². The van der Waals surface area contributed by atoms with Gasteiger partial charge in [0.25, 0.3) is 0 Å². The summed E-state index contributed by atoms with van der Waals surface area (Å²) >= 11 is 0. The molecule has 0 spiro atoms. The topological polar surface area (TPSA) is 29.3 Å². The lowest BCUT2D eigenvalue weighted by Crippen LogP contribution is -2.10. The number of fused-ring (bicyclic) bond motifs is 3. The SMILES string of the molecule is c1ccc(-c2ccc(-c3ccc(N(c4cccc(-c5ccccc5)c4)c4ccc5ccc6nc(-c7ccc(-c8ccccc8)cc7)oc6c5c4)cc3)cc2)cc1. The van der Waals surface area contributed by atoms with Crippen molar-refractivity contribution < 1.29 is 4.42 Å². The molecule has 0 aliphatic rings. The zero-order valence-corrected chi connectivity index (χ0v) is 30.6. The summed E-state index contributed by atoms with van der Waals surface area (Å²) in [6, 6.07) is 77.1. The van der Waals surface area contributed by atoms with Crippen molar-refractivity contribution in [1.29, 1.82) is 0 Å². The van der Waals surface area contributed by atoms with Gasteiger partial charge in [-0.1, -0.05) is 164 Å². The summed E-state index contributed by atoms with van der Waals surface area (Å²) in [6.07, 6.45) is 0. The van der Waals surface area contributed by atoms with Crippen LogP contribution >= 0.6 is 0 Å². The molecule has 3 nitrogen and oxygen atoms in total. The van der Waals surface area contributed by atoms with Gasteiger partial charge in [0.1, 0.15) is 5.52 Å². The quantitative estimate of drug-likeness (QED) is 0.157. The summed E-state index contributed by atoms with van der Waals surface area (Å²) in [5.74, 6) is 0.609. The number of nitrogens with zero attached hydrogens (tertiary/aromatic N) is 2. The van der Waals surface area contributed by atoms with E-state index in [4.69, 9.17) is 9.40 Å². The van der Waals surface area contributed by atoms with Crippen LogP contribution in [-0.4, -0.2) is 4.98 Å². The van der Waals surface area contributed by atoms with Gasteiger partial charge in [-0.25, -0.2) is 4.98 Å². The number of rotatable bonds is 8. The molecule has 1 aromatic heterocycles. The number of aromatic nitrogens is 1. The first kappa shape index (κ1) is 33.1. The van der Waals surface area contributed by atoms with Gasteiger partial charge in [-0.05, 0) is 104 Å². The van der Waals surface area contributed by atoms with Crippen LogP contribution in [0, 0.1) is 0 Å². The maximum atomic E-state index is 6.61. The molecule has 0 bridgehead atoms. The Hall–Kier alpha value is -7.49. The van der Waals surface area contributed by atoms with E-state index in [0.29, 0.717) is 5.89 Å². The molecule has 9 aromatic carbocycles. The van der Waals surface area contributed by atoms with Crippen molar-refractivity contribution >= 4 is 38.9 Å². The van der Waals surface area contributed by atoms with Gasteiger partial charge in [-0.15, -0.1) is 0 Å². The molecule has 264 valence electrons. The predicted octanol–water partition coefficient (Wildman–Crippen LogP) is 14.8. The lowest BCUT2D eigenvalue weighted by atomic mass is 10.00. The van der Waals surface area contributed by atoms with E-state index in [9.17, 15) is 0 Å². The summed E-state index contributed by atoms with van der Waals surface area (Å²) in [5.41, 5.74) is 15.1. The van der Waals surface area contributed by atoms with Gasteiger partial charge in [0.2, 0.25) is 5.89 Å². The van der Waals surface area contributed by atoms with Gasteiger partial charge in [0.05, 0.1) is 0 Å². The van der Waals surface area contributed by atoms with E-state index in [1.165, 1.54) is 27.8 Å². The van der Waals surface area contributed by atoms with Crippen LogP contribution in [0.2, 0.25) is 0 Å². The Bertz CT molecular complexity index is 2920. The van der Waals surface area contributed by atoms with E-state index in [1.807, 2.05) is 6.07 Å². The second kappa shape index (κ2) is 14.4. The molecule has 1 heterocycles. The molecule has 0 aliphatic heterocycles. The molecular weight excluding hydrogens is 681 g/mol. The number of hydrogen-bond acceptors (Lipinski definition) is 3. The van der Waals surface area contributed by atoms with E-state index in [0.717, 1.165) is 61.2 Å². The molecule has 3 heteroatoms. The summed E-state index contributed by atoms with van der Waals surface area (Å²) in [7, 11) is 0. The Morgan fingerprint density at radius 2 is 0.750 bits per heavy atom. The van der Waals surface area contributed by atoms with E-state index < -0.39 is 0 Å². The second-order valence-electron chi connectivity index (χ2n) is 14.0. The minimum Gasteiger partial charge on any atom is -0.435 e. The fourth-order valence-electron chi connectivity index (χ4n) is 7.58. The average Bonchev–Trinajstić information content (AvgIpc) is 3.73. The third-order valence-electron chi connectivity index (χ3n) is 10.5. The predicted molar refractivity (Wildman–Crippen MR) is 233 cm³/mol. The molecule has 0 atom stereocenters. The van der Waals surface area contributed by atoms with Crippen LogP contribution in [0.15, 0.2) is 223 Å². The lowest BCUT2D eigenvalue weighted by Gasteiger charge is -2.26. The first-order valence-corrected chi connectivity index (χ1v) is 18.9. The fraction of sp³-hybridized carbons (Fsp3) is 0. The summed E-state index contributed by atoms with van der Waals surface area (Å²) in [5, 5.41) is 2.11. The normalized spacial score (nSPS) is 11.2. The highest BCUT2D eigenvalue weighted by Gasteiger charge is 2.17. The zero-order valence-electron chi connectivity index (χ0n) is 30.6. The molecule has 56 heavy (non-hydrogen) atoms. The highest BCUT2D eigenvalue weighted by atomic mass is 16.3. The van der Waals surface area contributed by atoms with Crippen LogP contribution in [0.4, 0.5) is 17.1 Å². The highest BCUT2D eigenvalue weighted by Crippen LogP contribution is 2.40. The first-order chi connectivity index (χ1) is 27.7. The monoisotopic (exact) mass is 716 g/mol. The Balaban J connectivity index is 1.04. The van der Waals surface area contributed by atoms with Crippen LogP contribution in [0.1, 0.15) is 0 Å². The summed E-state index contributed by atoms with van der Waals surface area (Å²) < 4.78 is 6.61. The molecule has 0 saturated heterocycles. The molecule has 0 aliphatic carbocycles. The van der Waals surface area contributed by atoms with Crippen LogP contribution in [0.5, 0.6) is 0 Å². The number of oxazole rings is 1. The zero-order chi connectivity index (χ0) is 37.3. The maximum Gasteiger partial charge on any atom is 0.227 e. The van der Waals surface area contributed by atoms with Crippen LogP contribution in [-0.2, 0) is 0 Å². The van der Waals surface area contributed by atoms with Gasteiger partial charge in [-0.2, -0.15) is 0 Å². The van der Waals surface area contributed by atoms with Gasteiger partial charge in [0, 0.05) is 28.0 Å². The summed E-state index contributed by atoms with van der Waals surface area (Å²) in [6.45, 7) is 0. The number of anilines is 3. The molecule has 0 radical (unpaired) electrons. The van der Waals surface area contributed by atoms with Crippen LogP contribution in [0.25, 0.3) is 77.8 Å². The molecular formula is C53H36N2O. The summed E-state index contributed by atoms with van der Waals surface area (Å²) in [4.78, 5) is 7.28. The van der Waals surface area contributed by atoms with Crippen molar-refractivity contribution in [2.24, 2.45) is 0 Å². The molecule has 0 N–H and O–H groups in total. The minimum atomic E-state index is 0.609. The number of benzene rings is 9. The van der Waals surface area contributed by atoms with Crippen molar-refractivity contribution in [3.05, 3.63) is 218 Å². The lowest BCUT2D eigenvalue weighted by molar-refractivity contribution is 0.623. The van der Waals surface area contributed by atoms with Crippen LogP contribution in [0.3, 0.4) is 0 Å². The van der Waals surface area contributed by atoms with E-state index >= 15 is 0 Å². The molecule has 0 fully saturated rings. The maximum absolute atomic E-state index is 6.61. The van der Waals surface area contributed by atoms with Gasteiger partial charge in [0.15, 0.2) is 5.58 Å². The van der Waals surface area contributed by atoms with Gasteiger partial charge >= 0.3 is 0 Å². The Labute approximate surface area is 326 Å². The van der Waals surface area contributed by atoms with E-state index in [-0.39, 0.29) is 0 Å². The number of hydrogen-bond donors (Lipinski definition) is 0. The molecule has 0 unspecified atom stereocenters. The largest absolute Gasteiger partial charge is 0.435 e. The molecule has 10 rings (SSSR count). The van der Waals surface area contributed by atoms with Crippen LogP contribution < -0.4 is 4.90 Å². The third kappa shape index (κ3) is 6.42. The van der Waals surface area contributed by atoms with Crippen molar-refractivity contribution in [3.63, 3.8) is 0 Å². The van der Waals surface area contributed by atoms with Gasteiger partial charge in [-0.3, -0.25) is 0 Å². The fourth-order valence-corrected chi connectivity index (χ4v) is 7.58. The Kier molecular flexibility index (Phi) is 8.51. The Morgan fingerprint density at radius 3 is 1.32 bits per heavy atom. The van der Waals surface area contributed by atoms with E-state index in [1.54, 1.807) is 0 Å². The molecule has 10 aromatic rings. The molecule has 0 amide bonds. The smallest absolute Gasteiger partial charge is 0.227 e. The Morgan fingerprint density at radius 1 is 0.321 bits per heavy atom. The van der Waals surface area contributed by atoms with Gasteiger partial charge < -0.3 is 9.32 Å². The first-order valence-electron chi connectivity index (χ1n) is 18.9. The molecule has 0 saturated carbocycles.